The van der Waals surface area contributed by atoms with Gasteiger partial charge in [-0.3, -0.25) is 9.59 Å². The lowest BCUT2D eigenvalue weighted by Crippen LogP contribution is -2.46. The molecular formula is C19H21BrN4O3. The number of carbonyl (C=O) groups excluding carboxylic acids is 2. The molecule has 2 aromatic rings. The van der Waals surface area contributed by atoms with Crippen molar-refractivity contribution in [2.24, 2.45) is 11.1 Å². The van der Waals surface area contributed by atoms with Crippen LogP contribution in [0.4, 0.5) is 11.5 Å². The van der Waals surface area contributed by atoms with Crippen LogP contribution in [-0.4, -0.2) is 36.6 Å². The molecule has 1 aliphatic rings. The van der Waals surface area contributed by atoms with E-state index in [1.807, 2.05) is 12.1 Å². The molecule has 0 saturated carbocycles. The third-order valence-corrected chi connectivity index (χ3v) is 5.25. The highest BCUT2D eigenvalue weighted by molar-refractivity contribution is 9.10. The number of halogens is 1. The number of hydrogen-bond donors (Lipinski definition) is 3. The fourth-order valence-electron chi connectivity index (χ4n) is 2.99. The van der Waals surface area contributed by atoms with Crippen LogP contribution in [0.25, 0.3) is 0 Å². The van der Waals surface area contributed by atoms with Crippen molar-refractivity contribution in [3.8, 4) is 0 Å². The first-order chi connectivity index (χ1) is 13.0. The van der Waals surface area contributed by atoms with Gasteiger partial charge in [0, 0.05) is 36.1 Å². The van der Waals surface area contributed by atoms with E-state index >= 15 is 0 Å². The summed E-state index contributed by atoms with van der Waals surface area (Å²) in [5, 5.41) is 5.99. The molecule has 0 unspecified atom stereocenters. The zero-order chi connectivity index (χ0) is 19.3. The van der Waals surface area contributed by atoms with Crippen LogP contribution < -0.4 is 16.4 Å². The van der Waals surface area contributed by atoms with E-state index in [4.69, 9.17) is 10.5 Å². The smallest absolute Gasteiger partial charge is 0.259 e. The maximum absolute atomic E-state index is 12.7. The van der Waals surface area contributed by atoms with Crippen LogP contribution in [0.5, 0.6) is 0 Å². The molecule has 7 nitrogen and oxygen atoms in total. The van der Waals surface area contributed by atoms with E-state index in [1.54, 1.807) is 30.5 Å². The summed E-state index contributed by atoms with van der Waals surface area (Å²) < 4.78 is 6.27. The van der Waals surface area contributed by atoms with E-state index < -0.39 is 5.41 Å². The van der Waals surface area contributed by atoms with Crippen molar-refractivity contribution in [3.05, 3.63) is 52.6 Å². The molecule has 1 saturated heterocycles. The molecule has 2 amide bonds. The molecule has 1 aliphatic heterocycles. The molecule has 1 fully saturated rings. The molecule has 1 aromatic heterocycles. The van der Waals surface area contributed by atoms with Gasteiger partial charge in [0.2, 0.25) is 5.91 Å². The van der Waals surface area contributed by atoms with Crippen LogP contribution in [0.15, 0.2) is 47.1 Å². The Morgan fingerprint density at radius 2 is 1.89 bits per heavy atom. The lowest BCUT2D eigenvalue weighted by Gasteiger charge is -2.34. The maximum Gasteiger partial charge on any atom is 0.259 e. The minimum absolute atomic E-state index is 0.284. The van der Waals surface area contributed by atoms with Gasteiger partial charge in [-0.2, -0.15) is 0 Å². The van der Waals surface area contributed by atoms with Gasteiger partial charge in [-0.05, 0) is 49.2 Å². The molecule has 3 rings (SSSR count). The number of anilines is 2. The molecular weight excluding hydrogens is 412 g/mol. The summed E-state index contributed by atoms with van der Waals surface area (Å²) in [6, 6.07) is 10.7. The number of hydrogen-bond acceptors (Lipinski definition) is 5. The van der Waals surface area contributed by atoms with E-state index in [0.717, 1.165) is 4.47 Å². The summed E-state index contributed by atoms with van der Waals surface area (Å²) in [5.41, 5.74) is 6.01. The van der Waals surface area contributed by atoms with Crippen molar-refractivity contribution in [1.82, 2.24) is 4.98 Å². The minimum Gasteiger partial charge on any atom is -0.381 e. The zero-order valence-corrected chi connectivity index (χ0v) is 16.3. The Bertz CT molecular complexity index is 820. The number of nitrogens with one attached hydrogen (secondary N) is 2. The van der Waals surface area contributed by atoms with E-state index in [2.05, 4.69) is 31.5 Å². The second-order valence-corrected chi connectivity index (χ2v) is 7.39. The Morgan fingerprint density at radius 3 is 2.56 bits per heavy atom. The number of amides is 2. The maximum atomic E-state index is 12.7. The monoisotopic (exact) mass is 432 g/mol. The quantitative estimate of drug-likeness (QED) is 0.650. The fraction of sp³-hybridized carbons (Fsp3) is 0.316. The second-order valence-electron chi connectivity index (χ2n) is 6.47. The Morgan fingerprint density at radius 1 is 1.19 bits per heavy atom. The Hall–Kier alpha value is -2.45. The summed E-state index contributed by atoms with van der Waals surface area (Å²) in [6.07, 6.45) is 2.69. The number of primary amides is 1. The summed E-state index contributed by atoms with van der Waals surface area (Å²) >= 11 is 3.36. The minimum atomic E-state index is -0.699. The lowest BCUT2D eigenvalue weighted by molar-refractivity contribution is -0.132. The van der Waals surface area contributed by atoms with Crippen molar-refractivity contribution in [3.63, 3.8) is 0 Å². The van der Waals surface area contributed by atoms with Gasteiger partial charge in [0.1, 0.15) is 5.82 Å². The van der Waals surface area contributed by atoms with Crippen LogP contribution in [-0.2, 0) is 9.53 Å². The van der Waals surface area contributed by atoms with Gasteiger partial charge in [0.15, 0.2) is 0 Å². The Kier molecular flexibility index (Phi) is 6.08. The van der Waals surface area contributed by atoms with Gasteiger partial charge in [-0.25, -0.2) is 4.98 Å². The highest BCUT2D eigenvalue weighted by atomic mass is 79.9. The van der Waals surface area contributed by atoms with Crippen molar-refractivity contribution in [2.45, 2.75) is 12.8 Å². The molecule has 142 valence electrons. The van der Waals surface area contributed by atoms with E-state index in [1.165, 1.54) is 0 Å². The van der Waals surface area contributed by atoms with Gasteiger partial charge in [0.25, 0.3) is 5.91 Å². The third kappa shape index (κ3) is 4.64. The molecule has 8 heteroatoms. The van der Waals surface area contributed by atoms with Crippen molar-refractivity contribution >= 4 is 39.2 Å². The highest BCUT2D eigenvalue weighted by Crippen LogP contribution is 2.31. The number of rotatable bonds is 6. The normalized spacial score (nSPS) is 15.7. The zero-order valence-electron chi connectivity index (χ0n) is 14.7. The molecule has 0 bridgehead atoms. The molecule has 2 heterocycles. The van der Waals surface area contributed by atoms with E-state index in [9.17, 15) is 9.59 Å². The van der Waals surface area contributed by atoms with Crippen molar-refractivity contribution in [2.75, 3.05) is 30.4 Å². The highest BCUT2D eigenvalue weighted by Gasteiger charge is 2.38. The standard InChI is InChI=1S/C19H21BrN4O3/c20-13-3-5-14(6-4-13)24-17(25)15-2-1-9-22-16(15)23-12-19(18(21)26)7-10-27-11-8-19/h1-6,9H,7-8,10-12H2,(H2,21,26)(H,22,23)(H,24,25). The Balaban J connectivity index is 1.74. The van der Waals surface area contributed by atoms with Crippen LogP contribution >= 0.6 is 15.9 Å². The number of pyridine rings is 1. The number of ether oxygens (including phenoxy) is 1. The number of carbonyl (C=O) groups is 2. The molecule has 0 spiro atoms. The first-order valence-corrected chi connectivity index (χ1v) is 9.43. The molecule has 0 aliphatic carbocycles. The third-order valence-electron chi connectivity index (χ3n) is 4.72. The topological polar surface area (TPSA) is 106 Å². The van der Waals surface area contributed by atoms with Gasteiger partial charge in [-0.15, -0.1) is 0 Å². The molecule has 0 radical (unpaired) electrons. The fourth-order valence-corrected chi connectivity index (χ4v) is 3.25. The first kappa shape index (κ1) is 19.3. The van der Waals surface area contributed by atoms with Crippen LogP contribution in [0, 0.1) is 5.41 Å². The average molecular weight is 433 g/mol. The van der Waals surface area contributed by atoms with Gasteiger partial charge in [-0.1, -0.05) is 15.9 Å². The Labute approximate surface area is 165 Å². The lowest BCUT2D eigenvalue weighted by atomic mass is 9.79. The average Bonchev–Trinajstić information content (AvgIpc) is 2.69. The molecule has 27 heavy (non-hydrogen) atoms. The summed E-state index contributed by atoms with van der Waals surface area (Å²) in [4.78, 5) is 28.9. The largest absolute Gasteiger partial charge is 0.381 e. The van der Waals surface area contributed by atoms with Gasteiger partial charge < -0.3 is 21.1 Å². The predicted octanol–water partition coefficient (Wildman–Crippen LogP) is 2.79. The van der Waals surface area contributed by atoms with Crippen molar-refractivity contribution < 1.29 is 14.3 Å². The van der Waals surface area contributed by atoms with Crippen LogP contribution in [0.1, 0.15) is 23.2 Å². The summed E-state index contributed by atoms with van der Waals surface area (Å²) in [5.74, 6) is -0.234. The number of benzene rings is 1. The van der Waals surface area contributed by atoms with Gasteiger partial charge in [0.05, 0.1) is 11.0 Å². The van der Waals surface area contributed by atoms with Crippen LogP contribution in [0.2, 0.25) is 0 Å². The number of nitrogens with two attached hydrogens (primary N) is 1. The SMILES string of the molecule is NC(=O)C1(CNc2ncccc2C(=O)Nc2ccc(Br)cc2)CCOCC1. The van der Waals surface area contributed by atoms with Crippen LogP contribution in [0.3, 0.4) is 0 Å². The predicted molar refractivity (Wildman–Crippen MR) is 107 cm³/mol. The molecule has 4 N–H and O–H groups in total. The van der Waals surface area contributed by atoms with Crippen molar-refractivity contribution in [1.29, 1.82) is 0 Å². The van der Waals surface area contributed by atoms with E-state index in [0.29, 0.717) is 49.7 Å². The molecule has 0 atom stereocenters. The molecule has 1 aromatic carbocycles. The summed E-state index contributed by atoms with van der Waals surface area (Å²) in [6.45, 7) is 1.29. The first-order valence-electron chi connectivity index (χ1n) is 8.64. The number of aromatic nitrogens is 1. The second kappa shape index (κ2) is 8.49. The van der Waals surface area contributed by atoms with Gasteiger partial charge >= 0.3 is 0 Å². The van der Waals surface area contributed by atoms with E-state index in [-0.39, 0.29) is 11.8 Å². The number of nitrogens with zero attached hydrogens (tertiary/aromatic N) is 1. The summed E-state index contributed by atoms with van der Waals surface area (Å²) in [7, 11) is 0.